The number of allylic oxidation sites excluding steroid dienone is 1. The number of ether oxygens (including phenoxy) is 1. The fourth-order valence-electron chi connectivity index (χ4n) is 2.91. The second-order valence-electron chi connectivity index (χ2n) is 5.31. The van der Waals surface area contributed by atoms with Gasteiger partial charge in [-0.2, -0.15) is 5.26 Å². The molecule has 1 atom stereocenters. The molecule has 0 fully saturated rings. The van der Waals surface area contributed by atoms with Crippen LogP contribution < -0.4 is 16.1 Å². The number of nitrogens with two attached hydrogens (primary N) is 1. The van der Waals surface area contributed by atoms with Gasteiger partial charge in [-0.05, 0) is 24.3 Å². The molecule has 1 aliphatic rings. The monoisotopic (exact) mass is 317 g/mol. The summed E-state index contributed by atoms with van der Waals surface area (Å²) in [6.07, 6.45) is 1.60. The number of hydrogen-bond acceptors (Lipinski definition) is 6. The largest absolute Gasteiger partial charge is 0.439 e. The van der Waals surface area contributed by atoms with Crippen LogP contribution in [0.15, 0.2) is 69.3 Å². The molecule has 116 valence electrons. The van der Waals surface area contributed by atoms with Crippen LogP contribution in [0.3, 0.4) is 0 Å². The van der Waals surface area contributed by atoms with Gasteiger partial charge in [0.25, 0.3) is 0 Å². The first-order valence-corrected chi connectivity index (χ1v) is 7.25. The minimum absolute atomic E-state index is 0.0311. The van der Waals surface area contributed by atoms with Gasteiger partial charge >= 0.3 is 5.63 Å². The normalized spacial score (nSPS) is 16.4. The van der Waals surface area contributed by atoms with Crippen molar-refractivity contribution in [3.8, 4) is 11.8 Å². The number of hydrogen-bond donors (Lipinski definition) is 1. The second kappa shape index (κ2) is 5.25. The Morgan fingerprint density at radius 1 is 1.17 bits per heavy atom. The van der Waals surface area contributed by atoms with Crippen LogP contribution in [0, 0.1) is 11.3 Å². The van der Waals surface area contributed by atoms with Crippen LogP contribution in [0.5, 0.6) is 5.75 Å². The highest BCUT2D eigenvalue weighted by Gasteiger charge is 2.36. The summed E-state index contributed by atoms with van der Waals surface area (Å²) in [6.45, 7) is 0. The average molecular weight is 317 g/mol. The van der Waals surface area contributed by atoms with E-state index in [1.54, 1.807) is 42.6 Å². The van der Waals surface area contributed by atoms with Crippen molar-refractivity contribution in [2.24, 2.45) is 5.73 Å². The lowest BCUT2D eigenvalue weighted by Gasteiger charge is -2.25. The van der Waals surface area contributed by atoms with Crippen LogP contribution in [-0.4, -0.2) is 4.98 Å². The maximum Gasteiger partial charge on any atom is 0.344 e. The summed E-state index contributed by atoms with van der Waals surface area (Å²) in [7, 11) is 0. The molecule has 2 aromatic heterocycles. The molecule has 0 bridgehead atoms. The highest BCUT2D eigenvalue weighted by molar-refractivity contribution is 5.85. The van der Waals surface area contributed by atoms with Gasteiger partial charge in [-0.25, -0.2) is 4.79 Å². The van der Waals surface area contributed by atoms with Crippen molar-refractivity contribution >= 4 is 11.0 Å². The lowest BCUT2D eigenvalue weighted by atomic mass is 9.86. The predicted molar refractivity (Wildman–Crippen MR) is 86.0 cm³/mol. The number of benzene rings is 1. The zero-order chi connectivity index (χ0) is 16.7. The minimum Gasteiger partial charge on any atom is -0.439 e. The van der Waals surface area contributed by atoms with Gasteiger partial charge in [-0.1, -0.05) is 18.2 Å². The minimum atomic E-state index is -0.721. The molecule has 0 saturated carbocycles. The van der Waals surface area contributed by atoms with Crippen molar-refractivity contribution in [2.45, 2.75) is 5.92 Å². The average Bonchev–Trinajstić information content (AvgIpc) is 2.61. The van der Waals surface area contributed by atoms with E-state index in [2.05, 4.69) is 4.98 Å². The van der Waals surface area contributed by atoms with Gasteiger partial charge in [-0.3, -0.25) is 4.98 Å². The van der Waals surface area contributed by atoms with Crippen molar-refractivity contribution in [1.82, 2.24) is 4.98 Å². The molecule has 0 spiro atoms. The van der Waals surface area contributed by atoms with Crippen LogP contribution >= 0.6 is 0 Å². The zero-order valence-electron chi connectivity index (χ0n) is 12.4. The molecular weight excluding hydrogens is 306 g/mol. The highest BCUT2D eigenvalue weighted by atomic mass is 16.5. The first-order chi connectivity index (χ1) is 11.7. The summed E-state index contributed by atoms with van der Waals surface area (Å²) >= 11 is 0. The SMILES string of the molecule is N#CC1=C(N)Oc2c(c(=O)oc3ccccc23)C1c1ccccn1. The number of para-hydroxylation sites is 1. The molecule has 1 unspecified atom stereocenters. The number of pyridine rings is 1. The highest BCUT2D eigenvalue weighted by Crippen LogP contribution is 2.42. The van der Waals surface area contributed by atoms with E-state index in [1.165, 1.54) is 0 Å². The lowest BCUT2D eigenvalue weighted by molar-refractivity contribution is 0.387. The van der Waals surface area contributed by atoms with E-state index in [-0.39, 0.29) is 17.0 Å². The summed E-state index contributed by atoms with van der Waals surface area (Å²) in [6, 6.07) is 14.3. The van der Waals surface area contributed by atoms with Crippen molar-refractivity contribution < 1.29 is 9.15 Å². The smallest absolute Gasteiger partial charge is 0.344 e. The molecule has 1 aliphatic heterocycles. The van der Waals surface area contributed by atoms with Gasteiger partial charge in [0.2, 0.25) is 5.88 Å². The maximum atomic E-state index is 12.6. The Hall–Kier alpha value is -3.59. The first kappa shape index (κ1) is 14.0. The maximum absolute atomic E-state index is 12.6. The summed E-state index contributed by atoms with van der Waals surface area (Å²) in [5.41, 5.74) is 6.68. The van der Waals surface area contributed by atoms with E-state index in [0.29, 0.717) is 22.4 Å². The fraction of sp³-hybridized carbons (Fsp3) is 0.0556. The van der Waals surface area contributed by atoms with Crippen molar-refractivity contribution in [3.63, 3.8) is 0 Å². The zero-order valence-corrected chi connectivity index (χ0v) is 12.4. The van der Waals surface area contributed by atoms with Gasteiger partial charge < -0.3 is 14.9 Å². The summed E-state index contributed by atoms with van der Waals surface area (Å²) in [4.78, 5) is 16.9. The summed E-state index contributed by atoms with van der Waals surface area (Å²) < 4.78 is 11.0. The van der Waals surface area contributed by atoms with Crippen LogP contribution in [0.1, 0.15) is 17.2 Å². The Morgan fingerprint density at radius 3 is 2.71 bits per heavy atom. The topological polar surface area (TPSA) is 102 Å². The Morgan fingerprint density at radius 2 is 1.96 bits per heavy atom. The van der Waals surface area contributed by atoms with Crippen molar-refractivity contribution in [1.29, 1.82) is 5.26 Å². The molecular formula is C18H11N3O3. The molecule has 3 heterocycles. The van der Waals surface area contributed by atoms with Gasteiger partial charge in [0.15, 0.2) is 5.75 Å². The van der Waals surface area contributed by atoms with E-state index >= 15 is 0 Å². The molecule has 24 heavy (non-hydrogen) atoms. The van der Waals surface area contributed by atoms with Gasteiger partial charge in [0, 0.05) is 6.20 Å². The number of fused-ring (bicyclic) bond motifs is 3. The number of nitrogens with zero attached hydrogens (tertiary/aromatic N) is 2. The molecule has 0 saturated heterocycles. The molecule has 1 aromatic carbocycles. The third-order valence-corrected chi connectivity index (χ3v) is 3.96. The Bertz CT molecular complexity index is 1080. The van der Waals surface area contributed by atoms with Crippen LogP contribution in [0.4, 0.5) is 0 Å². The van der Waals surface area contributed by atoms with Gasteiger partial charge in [0.05, 0.1) is 22.6 Å². The number of aromatic nitrogens is 1. The van der Waals surface area contributed by atoms with E-state index in [4.69, 9.17) is 14.9 Å². The van der Waals surface area contributed by atoms with E-state index in [0.717, 1.165) is 0 Å². The fourth-order valence-corrected chi connectivity index (χ4v) is 2.91. The third kappa shape index (κ3) is 1.96. The molecule has 6 heteroatoms. The van der Waals surface area contributed by atoms with Gasteiger partial charge in [-0.15, -0.1) is 0 Å². The van der Waals surface area contributed by atoms with Crippen molar-refractivity contribution in [3.05, 3.63) is 81.8 Å². The van der Waals surface area contributed by atoms with E-state index < -0.39 is 11.5 Å². The van der Waals surface area contributed by atoms with E-state index in [1.807, 2.05) is 12.1 Å². The predicted octanol–water partition coefficient (Wildman–Crippen LogP) is 2.41. The molecule has 4 rings (SSSR count). The quantitative estimate of drug-likeness (QED) is 0.691. The van der Waals surface area contributed by atoms with Crippen LogP contribution in [0.25, 0.3) is 11.0 Å². The third-order valence-electron chi connectivity index (χ3n) is 3.96. The summed E-state index contributed by atoms with van der Waals surface area (Å²) in [5.74, 6) is -0.439. The van der Waals surface area contributed by atoms with E-state index in [9.17, 15) is 10.1 Å². The standard InChI is InChI=1S/C18H11N3O3/c19-9-11-14(12-6-3-4-8-21-12)15-16(24-17(11)20)10-5-1-2-7-13(10)23-18(15)22/h1-8,14H,20H2. The summed E-state index contributed by atoms with van der Waals surface area (Å²) in [5, 5.41) is 10.1. The van der Waals surface area contributed by atoms with Crippen molar-refractivity contribution in [2.75, 3.05) is 0 Å². The first-order valence-electron chi connectivity index (χ1n) is 7.25. The molecule has 0 amide bonds. The number of rotatable bonds is 1. The molecule has 2 N–H and O–H groups in total. The van der Waals surface area contributed by atoms with Crippen LogP contribution in [-0.2, 0) is 0 Å². The van der Waals surface area contributed by atoms with Gasteiger partial charge in [0.1, 0.15) is 17.2 Å². The Kier molecular flexibility index (Phi) is 3.07. The molecule has 3 aromatic rings. The molecule has 0 aliphatic carbocycles. The van der Waals surface area contributed by atoms with Crippen LogP contribution in [0.2, 0.25) is 0 Å². The molecule has 6 nitrogen and oxygen atoms in total. The Labute approximate surface area is 136 Å². The second-order valence-corrected chi connectivity index (χ2v) is 5.31. The molecule has 0 radical (unpaired) electrons. The Balaban J connectivity index is 2.10. The number of nitriles is 1. The lowest BCUT2D eigenvalue weighted by Crippen LogP contribution is -2.26.